The molecule has 0 saturated carbocycles. The van der Waals surface area contributed by atoms with Crippen LogP contribution in [0.25, 0.3) is 0 Å². The van der Waals surface area contributed by atoms with Gasteiger partial charge in [0.25, 0.3) is 5.91 Å². The molecule has 0 bridgehead atoms. The number of aryl methyl sites for hydroxylation is 1. The number of fused-ring (bicyclic) bond motifs is 2. The van der Waals surface area contributed by atoms with E-state index in [0.29, 0.717) is 49.2 Å². The molecule has 0 unspecified atom stereocenters. The first-order chi connectivity index (χ1) is 16.9. The van der Waals surface area contributed by atoms with Gasteiger partial charge < -0.3 is 26.0 Å². The molecule has 3 amide bonds. The van der Waals surface area contributed by atoms with Gasteiger partial charge in [-0.2, -0.15) is 8.75 Å². The number of nitrogens with one attached hydrogen (secondary N) is 4. The summed E-state index contributed by atoms with van der Waals surface area (Å²) in [6, 6.07) is 0.614. The Morgan fingerprint density at radius 1 is 1.26 bits per heavy atom. The number of rotatable bonds is 5. The Hall–Kier alpha value is -2.96. The molecule has 0 aliphatic carbocycles. The Balaban J connectivity index is 1.35. The van der Waals surface area contributed by atoms with E-state index in [9.17, 15) is 14.4 Å². The SMILES string of the molecule is Cc1nsnc1C(=O)N[C@H](C(=O)Nc1cc2c(cn1)C1(CCOCC1)C(=O)N2)[C@@H]1CC[C@@H](C)CN1. The molecule has 2 aromatic rings. The van der Waals surface area contributed by atoms with E-state index in [-0.39, 0.29) is 23.6 Å². The summed E-state index contributed by atoms with van der Waals surface area (Å²) >= 11 is 0.960. The molecule has 4 N–H and O–H groups in total. The standard InChI is InChI=1S/C23H29N7O4S/c1-12-3-4-15(24-10-12)19(28-20(31)18-13(2)29-35-30-18)21(32)27-17-9-16-14(11-25-17)23(22(33)26-16)5-7-34-8-6-23/h9,11-12,15,19,24H,3-8,10H2,1-2H3,(H,26,33)(H,28,31)(H,25,27,32)/t12-,15+,19+/m1/s1. The first kappa shape index (κ1) is 23.8. The first-order valence-corrected chi connectivity index (χ1v) is 12.6. The molecule has 2 fully saturated rings. The van der Waals surface area contributed by atoms with E-state index in [1.54, 1.807) is 19.2 Å². The van der Waals surface area contributed by atoms with Crippen LogP contribution in [0, 0.1) is 12.8 Å². The van der Waals surface area contributed by atoms with Crippen molar-refractivity contribution in [2.24, 2.45) is 5.92 Å². The van der Waals surface area contributed by atoms with Gasteiger partial charge in [-0.25, -0.2) is 4.98 Å². The number of ether oxygens (including phenoxy) is 1. The highest BCUT2D eigenvalue weighted by Crippen LogP contribution is 2.44. The molecule has 1 spiro atoms. The molecular formula is C23H29N7O4S. The summed E-state index contributed by atoms with van der Waals surface area (Å²) in [5, 5.41) is 12.0. The molecule has 0 aromatic carbocycles. The maximum Gasteiger partial charge on any atom is 0.273 e. The average molecular weight is 500 g/mol. The van der Waals surface area contributed by atoms with Crippen LogP contribution in [0.4, 0.5) is 11.5 Å². The summed E-state index contributed by atoms with van der Waals surface area (Å²) in [4.78, 5) is 43.5. The number of hydrogen-bond donors (Lipinski definition) is 4. The molecule has 12 heteroatoms. The van der Waals surface area contributed by atoms with Crippen molar-refractivity contribution in [1.82, 2.24) is 24.4 Å². The lowest BCUT2D eigenvalue weighted by molar-refractivity contribution is -0.124. The highest BCUT2D eigenvalue weighted by molar-refractivity contribution is 6.99. The number of anilines is 2. The third kappa shape index (κ3) is 4.53. The molecule has 35 heavy (non-hydrogen) atoms. The van der Waals surface area contributed by atoms with Crippen LogP contribution in [-0.4, -0.2) is 63.3 Å². The van der Waals surface area contributed by atoms with Gasteiger partial charge in [0.15, 0.2) is 5.69 Å². The van der Waals surface area contributed by atoms with E-state index in [0.717, 1.165) is 36.7 Å². The van der Waals surface area contributed by atoms with Crippen LogP contribution in [0.15, 0.2) is 12.3 Å². The molecule has 3 atom stereocenters. The number of carbonyl (C=O) groups excluding carboxylic acids is 3. The lowest BCUT2D eigenvalue weighted by Gasteiger charge is -2.33. The van der Waals surface area contributed by atoms with Crippen LogP contribution in [0.5, 0.6) is 0 Å². The number of amides is 3. The quantitative estimate of drug-likeness (QED) is 0.482. The third-order valence-electron chi connectivity index (χ3n) is 7.24. The lowest BCUT2D eigenvalue weighted by Crippen LogP contribution is -2.58. The molecule has 186 valence electrons. The summed E-state index contributed by atoms with van der Waals surface area (Å²) in [5.74, 6) is -0.0709. The summed E-state index contributed by atoms with van der Waals surface area (Å²) in [6.45, 7) is 5.66. The minimum atomic E-state index is -0.831. The van der Waals surface area contributed by atoms with Crippen LogP contribution in [-0.2, 0) is 19.7 Å². The number of carbonyl (C=O) groups is 3. The van der Waals surface area contributed by atoms with Crippen molar-refractivity contribution < 1.29 is 19.1 Å². The minimum absolute atomic E-state index is 0.0565. The van der Waals surface area contributed by atoms with Crippen LogP contribution < -0.4 is 21.3 Å². The molecule has 3 aliphatic heterocycles. The number of aromatic nitrogens is 3. The number of piperidine rings is 1. The van der Waals surface area contributed by atoms with E-state index in [4.69, 9.17) is 4.74 Å². The highest BCUT2D eigenvalue weighted by atomic mass is 32.1. The lowest BCUT2D eigenvalue weighted by atomic mass is 9.76. The summed E-state index contributed by atoms with van der Waals surface area (Å²) in [7, 11) is 0. The predicted molar refractivity (Wildman–Crippen MR) is 129 cm³/mol. The molecular weight excluding hydrogens is 470 g/mol. The molecule has 11 nitrogen and oxygen atoms in total. The van der Waals surface area contributed by atoms with Crippen molar-refractivity contribution in [3.63, 3.8) is 0 Å². The third-order valence-corrected chi connectivity index (χ3v) is 7.86. The number of hydrogen-bond acceptors (Lipinski definition) is 9. The fourth-order valence-corrected chi connectivity index (χ4v) is 5.64. The molecule has 5 rings (SSSR count). The topological polar surface area (TPSA) is 147 Å². The van der Waals surface area contributed by atoms with E-state index in [1.807, 2.05) is 0 Å². The van der Waals surface area contributed by atoms with Gasteiger partial charge in [0, 0.05) is 37.1 Å². The van der Waals surface area contributed by atoms with Gasteiger partial charge >= 0.3 is 0 Å². The minimum Gasteiger partial charge on any atom is -0.381 e. The first-order valence-electron chi connectivity index (χ1n) is 11.9. The van der Waals surface area contributed by atoms with Crippen LogP contribution in [0.1, 0.15) is 54.4 Å². The summed E-state index contributed by atoms with van der Waals surface area (Å²) < 4.78 is 13.6. The smallest absolute Gasteiger partial charge is 0.273 e. The van der Waals surface area contributed by atoms with Gasteiger partial charge in [-0.3, -0.25) is 14.4 Å². The average Bonchev–Trinajstić information content (AvgIpc) is 3.39. The Morgan fingerprint density at radius 3 is 2.74 bits per heavy atom. The van der Waals surface area contributed by atoms with Gasteiger partial charge in [0.1, 0.15) is 11.9 Å². The van der Waals surface area contributed by atoms with Crippen LogP contribution in [0.2, 0.25) is 0 Å². The second-order valence-electron chi connectivity index (χ2n) is 9.60. The number of pyridine rings is 1. The zero-order valence-electron chi connectivity index (χ0n) is 19.7. The van der Waals surface area contributed by atoms with E-state index >= 15 is 0 Å². The second kappa shape index (κ2) is 9.59. The van der Waals surface area contributed by atoms with Gasteiger partial charge in [0.2, 0.25) is 11.8 Å². The maximum atomic E-state index is 13.4. The van der Waals surface area contributed by atoms with E-state index in [1.165, 1.54) is 0 Å². The van der Waals surface area contributed by atoms with E-state index in [2.05, 4.69) is 41.9 Å². The van der Waals surface area contributed by atoms with Crippen LogP contribution >= 0.6 is 11.7 Å². The van der Waals surface area contributed by atoms with Crippen molar-refractivity contribution >= 4 is 41.0 Å². The highest BCUT2D eigenvalue weighted by Gasteiger charge is 2.48. The Bertz CT molecular complexity index is 1140. The monoisotopic (exact) mass is 499 g/mol. The van der Waals surface area contributed by atoms with Gasteiger partial charge in [-0.1, -0.05) is 6.92 Å². The zero-order valence-corrected chi connectivity index (χ0v) is 20.5. The van der Waals surface area contributed by atoms with Crippen molar-refractivity contribution in [2.45, 2.75) is 57.0 Å². The van der Waals surface area contributed by atoms with Crippen molar-refractivity contribution in [1.29, 1.82) is 0 Å². The predicted octanol–water partition coefficient (Wildman–Crippen LogP) is 1.37. The van der Waals surface area contributed by atoms with Crippen LogP contribution in [0.3, 0.4) is 0 Å². The van der Waals surface area contributed by atoms with Gasteiger partial charge in [0.05, 0.1) is 28.5 Å². The Morgan fingerprint density at radius 2 is 2.06 bits per heavy atom. The van der Waals surface area contributed by atoms with Crippen molar-refractivity contribution in [3.8, 4) is 0 Å². The fraction of sp³-hybridized carbons (Fsp3) is 0.565. The fourth-order valence-electron chi connectivity index (χ4n) is 5.09. The second-order valence-corrected chi connectivity index (χ2v) is 10.1. The molecule has 3 aliphatic rings. The van der Waals surface area contributed by atoms with Crippen molar-refractivity contribution in [2.75, 3.05) is 30.4 Å². The van der Waals surface area contributed by atoms with E-state index < -0.39 is 17.4 Å². The van der Waals surface area contributed by atoms with Crippen molar-refractivity contribution in [3.05, 3.63) is 29.2 Å². The van der Waals surface area contributed by atoms with Gasteiger partial charge in [-0.05, 0) is 45.1 Å². The normalized spacial score (nSPS) is 23.9. The molecule has 5 heterocycles. The Labute approximate surface area is 207 Å². The summed E-state index contributed by atoms with van der Waals surface area (Å²) in [6.07, 6.45) is 4.55. The molecule has 0 radical (unpaired) electrons. The largest absolute Gasteiger partial charge is 0.381 e. The molecule has 2 aromatic heterocycles. The van der Waals surface area contributed by atoms with Gasteiger partial charge in [-0.15, -0.1) is 0 Å². The molecule has 2 saturated heterocycles. The Kier molecular flexibility index (Phi) is 6.51. The maximum absolute atomic E-state index is 13.4. The zero-order chi connectivity index (χ0) is 24.6. The summed E-state index contributed by atoms with van der Waals surface area (Å²) in [5.41, 5.74) is 1.61. The number of nitrogens with zero attached hydrogens (tertiary/aromatic N) is 3.